The van der Waals surface area contributed by atoms with E-state index in [0.717, 1.165) is 16.7 Å². The van der Waals surface area contributed by atoms with Crippen LogP contribution in [0, 0.1) is 0 Å². The van der Waals surface area contributed by atoms with E-state index in [0.29, 0.717) is 28.6 Å². The van der Waals surface area contributed by atoms with Crippen molar-refractivity contribution in [2.24, 2.45) is 4.99 Å². The molecule has 27 heavy (non-hydrogen) atoms. The Labute approximate surface area is 157 Å². The molecule has 1 aliphatic heterocycles. The molecule has 1 atom stereocenters. The molecule has 0 amide bonds. The molecule has 0 saturated heterocycles. The molecule has 4 rings (SSSR count). The number of benzene rings is 2. The van der Waals surface area contributed by atoms with Gasteiger partial charge in [0.05, 0.1) is 23.9 Å². The zero-order valence-corrected chi connectivity index (χ0v) is 15.1. The van der Waals surface area contributed by atoms with Gasteiger partial charge in [-0.1, -0.05) is 36.4 Å². The van der Waals surface area contributed by atoms with E-state index >= 15 is 0 Å². The smallest absolute Gasteiger partial charge is 0.227 e. The Morgan fingerprint density at radius 1 is 1.15 bits per heavy atom. The largest absolute Gasteiger partial charge is 0.497 e. The normalized spacial score (nSPS) is 15.1. The predicted molar refractivity (Wildman–Crippen MR) is 107 cm³/mol. The van der Waals surface area contributed by atoms with Gasteiger partial charge in [0.25, 0.3) is 0 Å². The fourth-order valence-electron chi connectivity index (χ4n) is 3.47. The highest BCUT2D eigenvalue weighted by molar-refractivity contribution is 5.94. The van der Waals surface area contributed by atoms with Crippen molar-refractivity contribution in [3.8, 4) is 17.4 Å². The van der Waals surface area contributed by atoms with E-state index < -0.39 is 0 Å². The fraction of sp³-hybridized carbons (Fsp3) is 0.143. The maximum absolute atomic E-state index is 6.52. The Morgan fingerprint density at radius 3 is 2.63 bits per heavy atom. The van der Waals surface area contributed by atoms with Crippen molar-refractivity contribution >= 4 is 17.7 Å². The number of ether oxygens (including phenoxy) is 2. The molecular weight excluding hydrogens is 340 g/mol. The highest BCUT2D eigenvalue weighted by Gasteiger charge is 2.33. The summed E-state index contributed by atoms with van der Waals surface area (Å²) in [5, 5.41) is 0. The lowest BCUT2D eigenvalue weighted by Crippen LogP contribution is -2.17. The minimum absolute atomic E-state index is 0.132. The summed E-state index contributed by atoms with van der Waals surface area (Å²) in [6.45, 7) is 0. The van der Waals surface area contributed by atoms with E-state index in [9.17, 15) is 0 Å². The molecule has 0 aliphatic carbocycles. The number of nitrogens with zero attached hydrogens (tertiary/aromatic N) is 2. The van der Waals surface area contributed by atoms with Gasteiger partial charge in [0.2, 0.25) is 5.88 Å². The third-order valence-electron chi connectivity index (χ3n) is 4.73. The van der Waals surface area contributed by atoms with Gasteiger partial charge in [-0.25, -0.2) is 0 Å². The van der Waals surface area contributed by atoms with Crippen molar-refractivity contribution in [1.82, 2.24) is 4.98 Å². The van der Waals surface area contributed by atoms with Crippen LogP contribution >= 0.6 is 0 Å². The third-order valence-corrected chi connectivity index (χ3v) is 4.73. The maximum Gasteiger partial charge on any atom is 0.227 e. The van der Waals surface area contributed by atoms with Crippen LogP contribution in [0.3, 0.4) is 0 Å². The lowest BCUT2D eigenvalue weighted by atomic mass is 9.82. The van der Waals surface area contributed by atoms with E-state index in [-0.39, 0.29) is 11.7 Å². The second-order valence-electron chi connectivity index (χ2n) is 6.28. The highest BCUT2D eigenvalue weighted by Crippen LogP contribution is 2.50. The van der Waals surface area contributed by atoms with Crippen LogP contribution in [0.2, 0.25) is 0 Å². The molecule has 6 heteroatoms. The van der Waals surface area contributed by atoms with E-state index in [1.807, 2.05) is 36.4 Å². The average molecular weight is 360 g/mol. The Hall–Kier alpha value is -3.54. The van der Waals surface area contributed by atoms with Gasteiger partial charge in [0.1, 0.15) is 17.3 Å². The van der Waals surface area contributed by atoms with Gasteiger partial charge in [0, 0.05) is 30.8 Å². The lowest BCUT2D eigenvalue weighted by molar-refractivity contribution is 0.401. The SMILES string of the molecule is CN=Cc1c(N)nc2c(c1N)C(c1ccccc1)c1ccc(OC)cc1O2. The zero-order chi connectivity index (χ0) is 19.0. The van der Waals surface area contributed by atoms with Gasteiger partial charge in [-0.15, -0.1) is 0 Å². The number of hydrogen-bond acceptors (Lipinski definition) is 6. The minimum atomic E-state index is -0.132. The topological polar surface area (TPSA) is 95.8 Å². The number of aromatic nitrogens is 1. The summed E-state index contributed by atoms with van der Waals surface area (Å²) in [7, 11) is 3.29. The number of rotatable bonds is 3. The number of pyridine rings is 1. The maximum atomic E-state index is 6.52. The minimum Gasteiger partial charge on any atom is -0.497 e. The molecule has 0 bridgehead atoms. The number of nitrogen functional groups attached to an aromatic ring is 2. The van der Waals surface area contributed by atoms with Gasteiger partial charge in [-0.2, -0.15) is 4.98 Å². The van der Waals surface area contributed by atoms with Crippen LogP contribution in [-0.4, -0.2) is 25.4 Å². The number of hydrogen-bond donors (Lipinski definition) is 2. The van der Waals surface area contributed by atoms with Gasteiger partial charge in [-0.05, 0) is 11.6 Å². The first-order chi connectivity index (χ1) is 13.1. The molecule has 1 aliphatic rings. The molecule has 3 aromatic rings. The molecule has 4 N–H and O–H groups in total. The van der Waals surface area contributed by atoms with Crippen LogP contribution in [0.1, 0.15) is 28.2 Å². The standard InChI is InChI=1S/C21H20N4O2/c1-24-11-15-19(22)18-17(12-6-4-3-5-7-12)14-9-8-13(26-2)10-16(14)27-21(18)25-20(15)23/h3-11,17H,1-2H3,(H4,22,23,25). The van der Waals surface area contributed by atoms with E-state index in [1.165, 1.54) is 0 Å². The monoisotopic (exact) mass is 360 g/mol. The molecule has 0 radical (unpaired) electrons. The summed E-state index contributed by atoms with van der Waals surface area (Å²) in [5.74, 6) is 1.95. The summed E-state index contributed by atoms with van der Waals surface area (Å²) < 4.78 is 11.4. The number of fused-ring (bicyclic) bond motifs is 2. The van der Waals surface area contributed by atoms with Crippen molar-refractivity contribution in [2.45, 2.75) is 5.92 Å². The van der Waals surface area contributed by atoms with Crippen molar-refractivity contribution in [2.75, 3.05) is 25.6 Å². The van der Waals surface area contributed by atoms with Crippen LogP contribution in [0.5, 0.6) is 17.4 Å². The number of nitrogens with two attached hydrogens (primary N) is 2. The third kappa shape index (κ3) is 2.75. The Bertz CT molecular complexity index is 1030. The van der Waals surface area contributed by atoms with Crippen molar-refractivity contribution in [1.29, 1.82) is 0 Å². The fourth-order valence-corrected chi connectivity index (χ4v) is 3.47. The summed E-state index contributed by atoms with van der Waals surface area (Å²) in [6, 6.07) is 15.9. The summed E-state index contributed by atoms with van der Waals surface area (Å²) >= 11 is 0. The first-order valence-electron chi connectivity index (χ1n) is 8.55. The lowest BCUT2D eigenvalue weighted by Gasteiger charge is -2.30. The molecule has 1 unspecified atom stereocenters. The van der Waals surface area contributed by atoms with Crippen LogP contribution < -0.4 is 20.9 Å². The predicted octanol–water partition coefficient (Wildman–Crippen LogP) is 3.59. The second-order valence-corrected chi connectivity index (χ2v) is 6.28. The van der Waals surface area contributed by atoms with Gasteiger partial charge >= 0.3 is 0 Å². The number of methoxy groups -OCH3 is 1. The van der Waals surface area contributed by atoms with Crippen molar-refractivity contribution in [3.63, 3.8) is 0 Å². The second kappa shape index (κ2) is 6.64. The number of anilines is 2. The van der Waals surface area contributed by atoms with Crippen LogP contribution in [0.15, 0.2) is 53.5 Å². The average Bonchev–Trinajstić information content (AvgIpc) is 2.69. The first kappa shape index (κ1) is 16.9. The molecule has 0 spiro atoms. The molecular formula is C21H20N4O2. The Morgan fingerprint density at radius 2 is 1.93 bits per heavy atom. The van der Waals surface area contributed by atoms with Crippen molar-refractivity contribution < 1.29 is 9.47 Å². The van der Waals surface area contributed by atoms with E-state index in [2.05, 4.69) is 22.1 Å². The molecule has 2 aromatic carbocycles. The first-order valence-corrected chi connectivity index (χ1v) is 8.55. The Kier molecular flexibility index (Phi) is 4.16. The van der Waals surface area contributed by atoms with Gasteiger partial charge in [0.15, 0.2) is 0 Å². The van der Waals surface area contributed by atoms with E-state index in [1.54, 1.807) is 20.4 Å². The Balaban J connectivity index is 2.01. The molecule has 0 saturated carbocycles. The quantitative estimate of drug-likeness (QED) is 0.544. The molecule has 0 fully saturated rings. The molecule has 2 heterocycles. The van der Waals surface area contributed by atoms with Gasteiger partial charge < -0.3 is 20.9 Å². The molecule has 136 valence electrons. The van der Waals surface area contributed by atoms with Crippen LogP contribution in [0.4, 0.5) is 11.5 Å². The number of aliphatic imine (C=N–C) groups is 1. The van der Waals surface area contributed by atoms with Crippen LogP contribution in [-0.2, 0) is 0 Å². The van der Waals surface area contributed by atoms with Gasteiger partial charge in [-0.3, -0.25) is 4.99 Å². The highest BCUT2D eigenvalue weighted by atomic mass is 16.5. The van der Waals surface area contributed by atoms with E-state index in [4.69, 9.17) is 20.9 Å². The molecule has 6 nitrogen and oxygen atoms in total. The zero-order valence-electron chi connectivity index (χ0n) is 15.1. The summed E-state index contributed by atoms with van der Waals surface area (Å²) in [6.07, 6.45) is 1.63. The summed E-state index contributed by atoms with van der Waals surface area (Å²) in [4.78, 5) is 8.53. The summed E-state index contributed by atoms with van der Waals surface area (Å²) in [5.41, 5.74) is 16.6. The van der Waals surface area contributed by atoms with Crippen molar-refractivity contribution in [3.05, 3.63) is 70.8 Å². The van der Waals surface area contributed by atoms with Crippen LogP contribution in [0.25, 0.3) is 0 Å². The molecule has 1 aromatic heterocycles.